The number of carbonyl (C=O) groups excluding carboxylic acids is 1. The van der Waals surface area contributed by atoms with Crippen LogP contribution in [0, 0.1) is 0 Å². The molecule has 3 nitrogen and oxygen atoms in total. The Balaban J connectivity index is 2.13. The van der Waals surface area contributed by atoms with Gasteiger partial charge in [0.25, 0.3) is 0 Å². The standard InChI is InChI=1S/C13H18N2O/c14-13(16)10-15-9-5-4-8-12(15)11-6-2-1-3-7-11/h1-3,6-7,12H,4-5,8-10H2,(H2,14,16)/t12-/m0/s1. The molecule has 1 aliphatic heterocycles. The first-order valence-corrected chi connectivity index (χ1v) is 5.84. The Labute approximate surface area is 96.2 Å². The maximum Gasteiger partial charge on any atom is 0.231 e. The molecule has 3 heteroatoms. The molecular formula is C13H18N2O. The summed E-state index contributed by atoms with van der Waals surface area (Å²) in [5.41, 5.74) is 6.58. The molecule has 1 saturated heterocycles. The van der Waals surface area contributed by atoms with Crippen LogP contribution in [0.5, 0.6) is 0 Å². The van der Waals surface area contributed by atoms with E-state index in [0.717, 1.165) is 19.4 Å². The average molecular weight is 218 g/mol. The van der Waals surface area contributed by atoms with Crippen molar-refractivity contribution in [3.05, 3.63) is 35.9 Å². The van der Waals surface area contributed by atoms with Gasteiger partial charge in [-0.1, -0.05) is 36.8 Å². The normalized spacial score (nSPS) is 21.9. The van der Waals surface area contributed by atoms with Crippen LogP contribution in [0.15, 0.2) is 30.3 Å². The predicted octanol–water partition coefficient (Wildman–Crippen LogP) is 1.70. The van der Waals surface area contributed by atoms with Gasteiger partial charge < -0.3 is 5.73 Å². The molecule has 1 fully saturated rings. The number of piperidine rings is 1. The first-order valence-electron chi connectivity index (χ1n) is 5.84. The van der Waals surface area contributed by atoms with Gasteiger partial charge in [-0.2, -0.15) is 0 Å². The summed E-state index contributed by atoms with van der Waals surface area (Å²) < 4.78 is 0. The summed E-state index contributed by atoms with van der Waals surface area (Å²) in [5.74, 6) is -0.233. The highest BCUT2D eigenvalue weighted by atomic mass is 16.1. The van der Waals surface area contributed by atoms with E-state index in [1.54, 1.807) is 0 Å². The van der Waals surface area contributed by atoms with E-state index in [0.29, 0.717) is 12.6 Å². The van der Waals surface area contributed by atoms with Crippen molar-refractivity contribution in [1.82, 2.24) is 4.90 Å². The Bertz CT molecular complexity index is 350. The van der Waals surface area contributed by atoms with E-state index in [-0.39, 0.29) is 5.91 Å². The second-order valence-electron chi connectivity index (χ2n) is 4.36. The van der Waals surface area contributed by atoms with Gasteiger partial charge in [-0.3, -0.25) is 9.69 Å². The van der Waals surface area contributed by atoms with Crippen LogP contribution < -0.4 is 5.73 Å². The van der Waals surface area contributed by atoms with Gasteiger partial charge in [-0.25, -0.2) is 0 Å². The fraction of sp³-hybridized carbons (Fsp3) is 0.462. The summed E-state index contributed by atoms with van der Waals surface area (Å²) in [6.07, 6.45) is 3.52. The van der Waals surface area contributed by atoms with Crippen LogP contribution in [0.4, 0.5) is 0 Å². The molecule has 0 aliphatic carbocycles. The molecule has 16 heavy (non-hydrogen) atoms. The van der Waals surface area contributed by atoms with E-state index < -0.39 is 0 Å². The number of primary amides is 1. The van der Waals surface area contributed by atoms with Crippen molar-refractivity contribution in [3.8, 4) is 0 Å². The second-order valence-corrected chi connectivity index (χ2v) is 4.36. The van der Waals surface area contributed by atoms with Gasteiger partial charge in [0.15, 0.2) is 0 Å². The lowest BCUT2D eigenvalue weighted by Gasteiger charge is -2.35. The third-order valence-electron chi connectivity index (χ3n) is 3.16. The van der Waals surface area contributed by atoms with Gasteiger partial charge in [0.05, 0.1) is 6.54 Å². The molecule has 0 bridgehead atoms. The maximum absolute atomic E-state index is 11.0. The van der Waals surface area contributed by atoms with Crippen LogP contribution in [-0.4, -0.2) is 23.9 Å². The highest BCUT2D eigenvalue weighted by molar-refractivity contribution is 5.76. The van der Waals surface area contributed by atoms with E-state index in [1.165, 1.54) is 12.0 Å². The molecule has 1 atom stereocenters. The van der Waals surface area contributed by atoms with Crippen LogP contribution in [0.25, 0.3) is 0 Å². The molecule has 1 heterocycles. The topological polar surface area (TPSA) is 46.3 Å². The lowest BCUT2D eigenvalue weighted by molar-refractivity contribution is -0.120. The minimum atomic E-state index is -0.233. The number of amides is 1. The molecule has 0 unspecified atom stereocenters. The Morgan fingerprint density at radius 1 is 1.31 bits per heavy atom. The van der Waals surface area contributed by atoms with E-state index in [4.69, 9.17) is 5.73 Å². The Kier molecular flexibility index (Phi) is 3.57. The van der Waals surface area contributed by atoms with E-state index >= 15 is 0 Å². The van der Waals surface area contributed by atoms with Crippen molar-refractivity contribution in [2.75, 3.05) is 13.1 Å². The number of nitrogens with zero attached hydrogens (tertiary/aromatic N) is 1. The second kappa shape index (κ2) is 5.12. The monoisotopic (exact) mass is 218 g/mol. The lowest BCUT2D eigenvalue weighted by Crippen LogP contribution is -2.39. The number of hydrogen-bond acceptors (Lipinski definition) is 2. The number of hydrogen-bond donors (Lipinski definition) is 1. The molecule has 0 spiro atoms. The fourth-order valence-electron chi connectivity index (χ4n) is 2.43. The molecule has 2 rings (SSSR count). The first kappa shape index (κ1) is 11.1. The SMILES string of the molecule is NC(=O)CN1CCCC[C@H]1c1ccccc1. The van der Waals surface area contributed by atoms with Gasteiger partial charge in [-0.15, -0.1) is 0 Å². The van der Waals surface area contributed by atoms with Crippen LogP contribution in [0.3, 0.4) is 0 Å². The lowest BCUT2D eigenvalue weighted by atomic mass is 9.95. The molecule has 1 aromatic rings. The molecule has 1 aliphatic rings. The zero-order chi connectivity index (χ0) is 11.4. The summed E-state index contributed by atoms with van der Waals surface area (Å²) in [7, 11) is 0. The Hall–Kier alpha value is -1.35. The minimum absolute atomic E-state index is 0.233. The molecule has 2 N–H and O–H groups in total. The highest BCUT2D eigenvalue weighted by Gasteiger charge is 2.24. The summed E-state index contributed by atoms with van der Waals surface area (Å²) in [6.45, 7) is 1.35. The third kappa shape index (κ3) is 2.61. The largest absolute Gasteiger partial charge is 0.369 e. The molecule has 86 valence electrons. The smallest absolute Gasteiger partial charge is 0.231 e. The van der Waals surface area contributed by atoms with Gasteiger partial charge in [0, 0.05) is 6.04 Å². The number of nitrogens with two attached hydrogens (primary N) is 1. The zero-order valence-electron chi connectivity index (χ0n) is 9.43. The van der Waals surface area contributed by atoms with E-state index in [9.17, 15) is 4.79 Å². The zero-order valence-corrected chi connectivity index (χ0v) is 9.43. The quantitative estimate of drug-likeness (QED) is 0.839. The summed E-state index contributed by atoms with van der Waals surface area (Å²) in [5, 5.41) is 0. The first-order chi connectivity index (χ1) is 7.77. The molecular weight excluding hydrogens is 200 g/mol. The van der Waals surface area contributed by atoms with Gasteiger partial charge in [-0.05, 0) is 24.9 Å². The van der Waals surface area contributed by atoms with Crippen molar-refractivity contribution in [2.24, 2.45) is 5.73 Å². The van der Waals surface area contributed by atoms with Crippen LogP contribution >= 0.6 is 0 Å². The van der Waals surface area contributed by atoms with Crippen molar-refractivity contribution in [2.45, 2.75) is 25.3 Å². The molecule has 0 aromatic heterocycles. The van der Waals surface area contributed by atoms with E-state index in [1.807, 2.05) is 18.2 Å². The minimum Gasteiger partial charge on any atom is -0.369 e. The van der Waals surface area contributed by atoms with Crippen molar-refractivity contribution in [1.29, 1.82) is 0 Å². The third-order valence-corrected chi connectivity index (χ3v) is 3.16. The van der Waals surface area contributed by atoms with Crippen LogP contribution in [0.1, 0.15) is 30.9 Å². The van der Waals surface area contributed by atoms with Crippen molar-refractivity contribution in [3.63, 3.8) is 0 Å². The average Bonchev–Trinajstić information content (AvgIpc) is 2.30. The summed E-state index contributed by atoms with van der Waals surface area (Å²) >= 11 is 0. The van der Waals surface area contributed by atoms with E-state index in [2.05, 4.69) is 17.0 Å². The number of carbonyl (C=O) groups is 1. The van der Waals surface area contributed by atoms with Crippen molar-refractivity contribution >= 4 is 5.91 Å². The number of benzene rings is 1. The highest BCUT2D eigenvalue weighted by Crippen LogP contribution is 2.30. The summed E-state index contributed by atoms with van der Waals surface area (Å²) in [6, 6.07) is 10.7. The van der Waals surface area contributed by atoms with Gasteiger partial charge in [0.1, 0.15) is 0 Å². The molecule has 0 radical (unpaired) electrons. The van der Waals surface area contributed by atoms with Crippen LogP contribution in [-0.2, 0) is 4.79 Å². The van der Waals surface area contributed by atoms with Crippen molar-refractivity contribution < 1.29 is 4.79 Å². The molecule has 1 amide bonds. The number of likely N-dealkylation sites (tertiary alicyclic amines) is 1. The fourth-order valence-corrected chi connectivity index (χ4v) is 2.43. The Morgan fingerprint density at radius 3 is 2.75 bits per heavy atom. The predicted molar refractivity (Wildman–Crippen MR) is 63.8 cm³/mol. The molecule has 0 saturated carbocycles. The maximum atomic E-state index is 11.0. The van der Waals surface area contributed by atoms with Gasteiger partial charge in [0.2, 0.25) is 5.91 Å². The summed E-state index contributed by atoms with van der Waals surface area (Å²) in [4.78, 5) is 13.2. The van der Waals surface area contributed by atoms with Gasteiger partial charge >= 0.3 is 0 Å². The molecule has 1 aromatic carbocycles. The van der Waals surface area contributed by atoms with Crippen LogP contribution in [0.2, 0.25) is 0 Å². The Morgan fingerprint density at radius 2 is 2.06 bits per heavy atom. The number of rotatable bonds is 3.